The monoisotopic (exact) mass is 447 g/mol. The van der Waals surface area contributed by atoms with E-state index in [9.17, 15) is 22.8 Å². The second-order valence-electron chi connectivity index (χ2n) is 6.82. The van der Waals surface area contributed by atoms with Crippen molar-refractivity contribution in [1.82, 2.24) is 15.1 Å². The molecule has 1 amide bonds. The van der Waals surface area contributed by atoms with Crippen LogP contribution in [-0.2, 0) is 11.3 Å². The Kier molecular flexibility index (Phi) is 6.82. The zero-order valence-electron chi connectivity index (χ0n) is 17.2. The first-order valence-corrected chi connectivity index (χ1v) is 9.53. The second kappa shape index (κ2) is 9.54. The number of rotatable bonds is 7. The Morgan fingerprint density at radius 1 is 1.03 bits per heavy atom. The summed E-state index contributed by atoms with van der Waals surface area (Å²) in [5.41, 5.74) is 1.37. The van der Waals surface area contributed by atoms with E-state index in [4.69, 9.17) is 4.74 Å². The average Bonchev–Trinajstić information content (AvgIpc) is 2.77. The fourth-order valence-corrected chi connectivity index (χ4v) is 2.88. The highest BCUT2D eigenvalue weighted by Crippen LogP contribution is 2.23. The molecule has 0 aliphatic rings. The van der Waals surface area contributed by atoms with E-state index in [1.807, 2.05) is 0 Å². The molecule has 1 atom stereocenters. The Hall–Kier alpha value is -3.82. The minimum atomic E-state index is -4.77. The summed E-state index contributed by atoms with van der Waals surface area (Å²) in [4.78, 5) is 24.8. The van der Waals surface area contributed by atoms with Crippen LogP contribution < -0.4 is 20.3 Å². The molecule has 3 aromatic rings. The summed E-state index contributed by atoms with van der Waals surface area (Å²) in [6.45, 7) is 1.59. The van der Waals surface area contributed by atoms with Crippen molar-refractivity contribution >= 4 is 5.91 Å². The van der Waals surface area contributed by atoms with Crippen molar-refractivity contribution in [3.63, 3.8) is 0 Å². The van der Waals surface area contributed by atoms with Gasteiger partial charge in [0.2, 0.25) is 5.91 Å². The number of carbonyl (C=O) groups is 1. The van der Waals surface area contributed by atoms with Crippen LogP contribution in [0.4, 0.5) is 13.2 Å². The van der Waals surface area contributed by atoms with Gasteiger partial charge in [0, 0.05) is 18.2 Å². The molecule has 10 heteroatoms. The fraction of sp³-hybridized carbons (Fsp3) is 0.227. The second-order valence-corrected chi connectivity index (χ2v) is 6.82. The van der Waals surface area contributed by atoms with Crippen LogP contribution in [0.1, 0.15) is 18.5 Å². The maximum absolute atomic E-state index is 12.6. The number of halogens is 3. The van der Waals surface area contributed by atoms with Gasteiger partial charge >= 0.3 is 6.36 Å². The summed E-state index contributed by atoms with van der Waals surface area (Å²) < 4.78 is 46.7. The van der Waals surface area contributed by atoms with Gasteiger partial charge < -0.3 is 14.8 Å². The zero-order valence-corrected chi connectivity index (χ0v) is 17.2. The Morgan fingerprint density at radius 2 is 1.66 bits per heavy atom. The number of nitrogens with one attached hydrogen (secondary N) is 1. The molecule has 32 heavy (non-hydrogen) atoms. The molecular formula is C22H20F3N3O4. The van der Waals surface area contributed by atoms with Crippen molar-refractivity contribution in [1.29, 1.82) is 0 Å². The lowest BCUT2D eigenvalue weighted by molar-refractivity contribution is -0.274. The molecule has 1 aromatic heterocycles. The van der Waals surface area contributed by atoms with Gasteiger partial charge in [-0.15, -0.1) is 13.2 Å². The minimum absolute atomic E-state index is 0.0579. The fourth-order valence-electron chi connectivity index (χ4n) is 2.88. The average molecular weight is 447 g/mol. The van der Waals surface area contributed by atoms with Crippen molar-refractivity contribution < 1.29 is 27.4 Å². The molecule has 0 fully saturated rings. The first-order chi connectivity index (χ1) is 15.2. The van der Waals surface area contributed by atoms with Crippen molar-refractivity contribution in [3.8, 4) is 22.8 Å². The van der Waals surface area contributed by atoms with E-state index in [2.05, 4.69) is 15.2 Å². The molecule has 7 nitrogen and oxygen atoms in total. The highest BCUT2D eigenvalue weighted by molar-refractivity contribution is 5.79. The van der Waals surface area contributed by atoms with Gasteiger partial charge in [-0.1, -0.05) is 12.1 Å². The smallest absolute Gasteiger partial charge is 0.497 e. The number of amides is 1. The minimum Gasteiger partial charge on any atom is -0.497 e. The highest BCUT2D eigenvalue weighted by Gasteiger charge is 2.31. The number of benzene rings is 2. The summed E-state index contributed by atoms with van der Waals surface area (Å²) in [5.74, 6) is -0.151. The van der Waals surface area contributed by atoms with Gasteiger partial charge in [-0.25, -0.2) is 4.68 Å². The van der Waals surface area contributed by atoms with Crippen LogP contribution in [0.15, 0.2) is 65.5 Å². The summed E-state index contributed by atoms with van der Waals surface area (Å²) in [5, 5.41) is 6.95. The number of carbonyl (C=O) groups excluding carboxylic acids is 1. The van der Waals surface area contributed by atoms with Crippen LogP contribution in [0, 0.1) is 0 Å². The van der Waals surface area contributed by atoms with Gasteiger partial charge in [0.05, 0.1) is 12.8 Å². The molecule has 1 N–H and O–H groups in total. The Labute approximate surface area is 181 Å². The molecule has 168 valence electrons. The molecule has 3 rings (SSSR count). The van der Waals surface area contributed by atoms with Crippen molar-refractivity contribution in [2.45, 2.75) is 25.9 Å². The summed E-state index contributed by atoms with van der Waals surface area (Å²) in [6, 6.07) is 14.2. The standard InChI is InChI=1S/C22H20F3N3O4/c1-14(21(30)26-13-15-3-7-18(8-4-15)32-22(23,24)25)28-20(29)12-11-19(27-28)16-5-9-17(31-2)10-6-16/h3-12,14H,13H2,1-2H3,(H,26,30). The third-order valence-corrected chi connectivity index (χ3v) is 4.58. The molecule has 0 saturated heterocycles. The zero-order chi connectivity index (χ0) is 23.3. The van der Waals surface area contributed by atoms with E-state index in [-0.39, 0.29) is 12.3 Å². The van der Waals surface area contributed by atoms with Crippen molar-refractivity contribution in [2.75, 3.05) is 7.11 Å². The number of hydrogen-bond donors (Lipinski definition) is 1. The van der Waals surface area contributed by atoms with E-state index in [0.717, 1.165) is 22.4 Å². The lowest BCUT2D eigenvalue weighted by Crippen LogP contribution is -2.36. The largest absolute Gasteiger partial charge is 0.573 e. The molecule has 1 unspecified atom stereocenters. The Balaban J connectivity index is 1.68. The van der Waals surface area contributed by atoms with Crippen LogP contribution >= 0.6 is 0 Å². The lowest BCUT2D eigenvalue weighted by atomic mass is 10.1. The van der Waals surface area contributed by atoms with Gasteiger partial charge in [0.15, 0.2) is 0 Å². The van der Waals surface area contributed by atoms with Gasteiger partial charge in [0.1, 0.15) is 17.5 Å². The molecule has 1 heterocycles. The van der Waals surface area contributed by atoms with Crippen LogP contribution in [0.3, 0.4) is 0 Å². The highest BCUT2D eigenvalue weighted by atomic mass is 19.4. The van der Waals surface area contributed by atoms with E-state index in [0.29, 0.717) is 17.0 Å². The van der Waals surface area contributed by atoms with Gasteiger partial charge in [-0.2, -0.15) is 5.10 Å². The molecule has 2 aromatic carbocycles. The maximum Gasteiger partial charge on any atom is 0.573 e. The normalized spacial score (nSPS) is 12.2. The molecule has 0 aliphatic heterocycles. The number of alkyl halides is 3. The summed E-state index contributed by atoms with van der Waals surface area (Å²) >= 11 is 0. The third kappa shape index (κ3) is 5.87. The Bertz CT molecular complexity index is 1130. The number of hydrogen-bond acceptors (Lipinski definition) is 5. The van der Waals surface area contributed by atoms with Crippen LogP contribution in [0.5, 0.6) is 11.5 Å². The topological polar surface area (TPSA) is 82.5 Å². The molecule has 0 radical (unpaired) electrons. The van der Waals surface area contributed by atoms with E-state index in [1.165, 1.54) is 25.1 Å². The van der Waals surface area contributed by atoms with Gasteiger partial charge in [-0.05, 0) is 55.0 Å². The number of nitrogens with zero attached hydrogens (tertiary/aromatic N) is 2. The predicted octanol–water partition coefficient (Wildman–Crippen LogP) is 3.69. The summed E-state index contributed by atoms with van der Waals surface area (Å²) in [7, 11) is 1.55. The van der Waals surface area contributed by atoms with Crippen LogP contribution in [0.25, 0.3) is 11.3 Å². The SMILES string of the molecule is COc1ccc(-c2ccc(=O)n(C(C)C(=O)NCc3ccc(OC(F)(F)F)cc3)n2)cc1. The number of aromatic nitrogens is 2. The third-order valence-electron chi connectivity index (χ3n) is 4.58. The molecule has 0 bridgehead atoms. The number of methoxy groups -OCH3 is 1. The van der Waals surface area contributed by atoms with E-state index < -0.39 is 23.9 Å². The molecule has 0 spiro atoms. The summed E-state index contributed by atoms with van der Waals surface area (Å²) in [6.07, 6.45) is -4.77. The molecule has 0 saturated carbocycles. The van der Waals surface area contributed by atoms with Crippen LogP contribution in [0.2, 0.25) is 0 Å². The quantitative estimate of drug-likeness (QED) is 0.597. The van der Waals surface area contributed by atoms with Gasteiger partial charge in [-0.3, -0.25) is 9.59 Å². The lowest BCUT2D eigenvalue weighted by Gasteiger charge is -2.15. The van der Waals surface area contributed by atoms with Crippen molar-refractivity contribution in [3.05, 3.63) is 76.6 Å². The van der Waals surface area contributed by atoms with Crippen LogP contribution in [-0.4, -0.2) is 29.2 Å². The maximum atomic E-state index is 12.6. The molecular weight excluding hydrogens is 427 g/mol. The first-order valence-electron chi connectivity index (χ1n) is 9.53. The number of ether oxygens (including phenoxy) is 2. The molecule has 0 aliphatic carbocycles. The first kappa shape index (κ1) is 22.9. The van der Waals surface area contributed by atoms with E-state index >= 15 is 0 Å². The van der Waals surface area contributed by atoms with Crippen molar-refractivity contribution in [2.24, 2.45) is 0 Å². The van der Waals surface area contributed by atoms with E-state index in [1.54, 1.807) is 37.4 Å². The van der Waals surface area contributed by atoms with Gasteiger partial charge in [0.25, 0.3) is 5.56 Å². The Morgan fingerprint density at radius 3 is 2.25 bits per heavy atom. The predicted molar refractivity (Wildman–Crippen MR) is 110 cm³/mol.